The Morgan fingerprint density at radius 2 is 1.65 bits per heavy atom. The molecule has 0 saturated carbocycles. The summed E-state index contributed by atoms with van der Waals surface area (Å²) in [6, 6.07) is -1.96. The molecule has 34 heavy (non-hydrogen) atoms. The van der Waals surface area contributed by atoms with Crippen LogP contribution < -0.4 is 5.32 Å². The van der Waals surface area contributed by atoms with E-state index in [0.29, 0.717) is 0 Å². The summed E-state index contributed by atoms with van der Waals surface area (Å²) in [7, 11) is 0.867. The molecule has 1 aliphatic rings. The van der Waals surface area contributed by atoms with Crippen molar-refractivity contribution in [2.24, 2.45) is 0 Å². The quantitative estimate of drug-likeness (QED) is 0.191. The van der Waals surface area contributed by atoms with E-state index in [1.165, 1.54) is 0 Å². The molecule has 6 atom stereocenters. The van der Waals surface area contributed by atoms with E-state index < -0.39 is 83.6 Å². The van der Waals surface area contributed by atoms with E-state index in [0.717, 1.165) is 41.7 Å². The van der Waals surface area contributed by atoms with Crippen molar-refractivity contribution < 1.29 is 63.0 Å². The number of methoxy groups -OCH3 is 1. The molecular weight excluding hydrogens is 462 g/mol. The van der Waals surface area contributed by atoms with Gasteiger partial charge in [-0.25, -0.2) is 4.79 Å². The second-order valence-electron chi connectivity index (χ2n) is 7.77. The van der Waals surface area contributed by atoms with Crippen LogP contribution in [0.4, 0.5) is 0 Å². The van der Waals surface area contributed by atoms with Gasteiger partial charge in [0.15, 0.2) is 11.6 Å². The van der Waals surface area contributed by atoms with Crippen LogP contribution in [0.15, 0.2) is 0 Å². The van der Waals surface area contributed by atoms with Crippen LogP contribution in [0.5, 0.6) is 0 Å². The monoisotopic (exact) mass is 491 g/mol. The first-order valence-electron chi connectivity index (χ1n) is 10.0. The molecule has 1 amide bonds. The molecule has 1 aliphatic heterocycles. The van der Waals surface area contributed by atoms with Crippen LogP contribution in [-0.2, 0) is 47.7 Å². The zero-order valence-corrected chi connectivity index (χ0v) is 19.6. The van der Waals surface area contributed by atoms with Crippen LogP contribution in [0.1, 0.15) is 41.0 Å². The van der Waals surface area contributed by atoms with Crippen molar-refractivity contribution in [1.82, 2.24) is 5.32 Å². The zero-order valence-electron chi connectivity index (χ0n) is 19.6. The topological polar surface area (TPSA) is 212 Å². The number of carbonyl (C=O) groups is 6. The van der Waals surface area contributed by atoms with Crippen LogP contribution in [0.2, 0.25) is 0 Å². The molecule has 0 aromatic heterocycles. The van der Waals surface area contributed by atoms with Gasteiger partial charge in [0.05, 0.1) is 32.3 Å². The van der Waals surface area contributed by atoms with Gasteiger partial charge >= 0.3 is 23.7 Å². The van der Waals surface area contributed by atoms with Gasteiger partial charge in [0.2, 0.25) is 17.1 Å². The average molecular weight is 491 g/mol. The molecule has 14 heteroatoms. The van der Waals surface area contributed by atoms with E-state index in [1.807, 2.05) is 0 Å². The zero-order chi connectivity index (χ0) is 26.6. The molecular formula is C20H29NO13. The van der Waals surface area contributed by atoms with Crippen molar-refractivity contribution in [1.29, 1.82) is 0 Å². The van der Waals surface area contributed by atoms with Gasteiger partial charge in [0.1, 0.15) is 6.10 Å². The minimum Gasteiger partial charge on any atom is -0.464 e. The van der Waals surface area contributed by atoms with Crippen molar-refractivity contribution in [2.45, 2.75) is 76.3 Å². The molecule has 0 radical (unpaired) electrons. The molecule has 0 aliphatic carbocycles. The Balaban J connectivity index is 4.26. The Morgan fingerprint density at radius 3 is 2.00 bits per heavy atom. The number of ketones is 2. The van der Waals surface area contributed by atoms with E-state index in [9.17, 15) is 44.1 Å². The minimum atomic E-state index is -3.15. The molecule has 1 heterocycles. The third kappa shape index (κ3) is 4.80. The summed E-state index contributed by atoms with van der Waals surface area (Å²) in [5, 5.41) is 33.7. The highest BCUT2D eigenvalue weighted by atomic mass is 16.8. The van der Waals surface area contributed by atoms with Crippen molar-refractivity contribution in [3.05, 3.63) is 0 Å². The number of Topliss-reactive ketones (excluding diaryl/α,β-unsaturated/α-hetero) is 2. The number of aliphatic hydroxyl groups is 3. The van der Waals surface area contributed by atoms with E-state index in [-0.39, 0.29) is 0 Å². The lowest BCUT2D eigenvalue weighted by Crippen LogP contribution is -2.84. The van der Waals surface area contributed by atoms with Crippen LogP contribution in [0.25, 0.3) is 0 Å². The number of hydrogen-bond acceptors (Lipinski definition) is 13. The fourth-order valence-corrected chi connectivity index (χ4v) is 4.24. The summed E-state index contributed by atoms with van der Waals surface area (Å²) < 4.78 is 20.5. The van der Waals surface area contributed by atoms with E-state index in [1.54, 1.807) is 0 Å². The molecule has 1 saturated heterocycles. The van der Waals surface area contributed by atoms with Crippen molar-refractivity contribution in [3.8, 4) is 0 Å². The summed E-state index contributed by atoms with van der Waals surface area (Å²) in [4.78, 5) is 74.9. The van der Waals surface area contributed by atoms with E-state index in [4.69, 9.17) is 14.2 Å². The maximum absolute atomic E-state index is 13.3. The summed E-state index contributed by atoms with van der Waals surface area (Å²) in [6.45, 7) is 2.92. The molecule has 0 aromatic rings. The summed E-state index contributed by atoms with van der Waals surface area (Å²) in [6.07, 6.45) is -5.27. The number of esters is 3. The molecule has 4 N–H and O–H groups in total. The Kier molecular flexibility index (Phi) is 9.02. The second-order valence-corrected chi connectivity index (χ2v) is 7.77. The highest BCUT2D eigenvalue weighted by molar-refractivity contribution is 6.01. The fourth-order valence-electron chi connectivity index (χ4n) is 4.24. The maximum atomic E-state index is 13.3. The van der Waals surface area contributed by atoms with Gasteiger partial charge in [0, 0.05) is 20.8 Å². The van der Waals surface area contributed by atoms with Crippen molar-refractivity contribution >= 4 is 35.4 Å². The molecule has 0 bridgehead atoms. The normalized spacial score (nSPS) is 29.1. The number of rotatable bonds is 9. The lowest BCUT2D eigenvalue weighted by molar-refractivity contribution is -0.340. The predicted molar refractivity (Wildman–Crippen MR) is 108 cm³/mol. The number of ether oxygens (including phenoxy) is 4. The smallest absolute Gasteiger partial charge is 0.379 e. The Hall–Kier alpha value is -2.94. The van der Waals surface area contributed by atoms with Crippen LogP contribution in [-0.4, -0.2) is 99.7 Å². The predicted octanol–water partition coefficient (Wildman–Crippen LogP) is -2.72. The standard InChI is InChI=1S/C20H29NO13/c1-9(23)19(15(29)8-22,33-13(5)27)20(10(2)24)16(21-11(3)25)14(28)7-18(34-20,17(30)31-6)32-12(4)26/h14-16,22,28-29H,7-8H2,1-6H3,(H,21,25)/t14-,15+,16+,18-,19+,20+/m0/s1. The van der Waals surface area contributed by atoms with Crippen LogP contribution in [0, 0.1) is 0 Å². The molecule has 1 rings (SSSR count). The fraction of sp³-hybridized carbons (Fsp3) is 0.700. The minimum absolute atomic E-state index is 0.771. The first kappa shape index (κ1) is 29.1. The van der Waals surface area contributed by atoms with Gasteiger partial charge in [-0.3, -0.25) is 24.0 Å². The van der Waals surface area contributed by atoms with Gasteiger partial charge in [-0.2, -0.15) is 0 Å². The van der Waals surface area contributed by atoms with Gasteiger partial charge in [-0.05, 0) is 13.8 Å². The van der Waals surface area contributed by atoms with Crippen LogP contribution >= 0.6 is 0 Å². The third-order valence-corrected chi connectivity index (χ3v) is 5.33. The van der Waals surface area contributed by atoms with Crippen molar-refractivity contribution in [2.75, 3.05) is 13.7 Å². The summed E-state index contributed by atoms with van der Waals surface area (Å²) in [5.41, 5.74) is -6.26. The van der Waals surface area contributed by atoms with E-state index in [2.05, 4.69) is 10.1 Å². The number of nitrogens with one attached hydrogen (secondary N) is 1. The van der Waals surface area contributed by atoms with Gasteiger partial charge in [-0.1, -0.05) is 0 Å². The SMILES string of the molecule is COC(=O)[C@]1(OC(C)=O)C[C@H](O)[C@@H](NC(C)=O)[C@](C(C)=O)([C@@](OC(C)=O)(C(C)=O)[C@H](O)CO)O1. The van der Waals surface area contributed by atoms with Gasteiger partial charge in [-0.15, -0.1) is 0 Å². The lowest BCUT2D eigenvalue weighted by atomic mass is 9.65. The Labute approximate surface area is 194 Å². The molecule has 192 valence electrons. The third-order valence-electron chi connectivity index (χ3n) is 5.33. The van der Waals surface area contributed by atoms with E-state index >= 15 is 0 Å². The number of hydrogen-bond donors (Lipinski definition) is 4. The lowest BCUT2D eigenvalue weighted by Gasteiger charge is -2.57. The first-order chi connectivity index (χ1) is 15.6. The molecule has 0 spiro atoms. The summed E-state index contributed by atoms with van der Waals surface area (Å²) >= 11 is 0. The molecule has 1 fully saturated rings. The molecule has 0 unspecified atom stereocenters. The van der Waals surface area contributed by atoms with Crippen molar-refractivity contribution in [3.63, 3.8) is 0 Å². The Morgan fingerprint density at radius 1 is 1.09 bits per heavy atom. The first-order valence-corrected chi connectivity index (χ1v) is 10.0. The highest BCUT2D eigenvalue weighted by Crippen LogP contribution is 2.48. The molecule has 0 aromatic carbocycles. The highest BCUT2D eigenvalue weighted by Gasteiger charge is 2.76. The number of aliphatic hydroxyl groups excluding tert-OH is 3. The average Bonchev–Trinajstić information content (AvgIpc) is 2.71. The number of carbonyl (C=O) groups excluding carboxylic acids is 6. The largest absolute Gasteiger partial charge is 0.464 e. The summed E-state index contributed by atoms with van der Waals surface area (Å²) in [5.74, 6) is -10.1. The Bertz CT molecular complexity index is 873. The second kappa shape index (κ2) is 10.5. The van der Waals surface area contributed by atoms with Gasteiger partial charge < -0.3 is 39.6 Å². The maximum Gasteiger partial charge on any atom is 0.379 e. The van der Waals surface area contributed by atoms with Gasteiger partial charge in [0.25, 0.3) is 0 Å². The number of amides is 1. The molecule has 14 nitrogen and oxygen atoms in total. The van der Waals surface area contributed by atoms with Crippen LogP contribution in [0.3, 0.4) is 0 Å².